The van der Waals surface area contributed by atoms with Crippen molar-refractivity contribution < 1.29 is 17.9 Å². The normalized spacial score (nSPS) is 17.2. The van der Waals surface area contributed by atoms with Crippen LogP contribution in [0.3, 0.4) is 0 Å². The van der Waals surface area contributed by atoms with Gasteiger partial charge in [-0.05, 0) is 48.7 Å². The molecule has 3 aromatic carbocycles. The fraction of sp³-hybridized carbons (Fsp3) is 0.280. The Balaban J connectivity index is 1.79. The molecule has 1 atom stereocenters. The molecule has 1 aliphatic rings. The zero-order valence-corrected chi connectivity index (χ0v) is 19.1. The lowest BCUT2D eigenvalue weighted by atomic mass is 10.1. The molecule has 0 amide bonds. The van der Waals surface area contributed by atoms with Crippen molar-refractivity contribution in [3.63, 3.8) is 0 Å². The van der Waals surface area contributed by atoms with Gasteiger partial charge in [-0.2, -0.15) is 4.31 Å². The summed E-state index contributed by atoms with van der Waals surface area (Å²) >= 11 is 0. The zero-order valence-electron chi connectivity index (χ0n) is 18.3. The summed E-state index contributed by atoms with van der Waals surface area (Å²) in [6.45, 7) is 5.27. The molecule has 1 N–H and O–H groups in total. The van der Waals surface area contributed by atoms with Gasteiger partial charge in [0.05, 0.1) is 18.9 Å². The highest BCUT2D eigenvalue weighted by atomic mass is 32.2. The summed E-state index contributed by atoms with van der Waals surface area (Å²) in [5.74, 6) is 1.27. The van der Waals surface area contributed by atoms with Crippen LogP contribution in [0.1, 0.15) is 37.6 Å². The van der Waals surface area contributed by atoms with E-state index in [1.54, 1.807) is 18.2 Å². The topological polar surface area (TPSA) is 67.9 Å². The molecule has 0 saturated carbocycles. The lowest BCUT2D eigenvalue weighted by Gasteiger charge is -2.37. The molecule has 0 bridgehead atoms. The number of nitrogens with one attached hydrogen (secondary N) is 1. The van der Waals surface area contributed by atoms with Gasteiger partial charge in [-0.3, -0.25) is 0 Å². The van der Waals surface area contributed by atoms with Crippen LogP contribution in [0.2, 0.25) is 0 Å². The van der Waals surface area contributed by atoms with Crippen LogP contribution in [0, 0.1) is 0 Å². The van der Waals surface area contributed by atoms with E-state index in [0.717, 1.165) is 17.5 Å². The van der Waals surface area contributed by atoms with E-state index in [0.29, 0.717) is 30.4 Å². The average Bonchev–Trinajstić information content (AvgIpc) is 2.81. The van der Waals surface area contributed by atoms with Crippen LogP contribution in [0.25, 0.3) is 0 Å². The largest absolute Gasteiger partial charge is 0.490 e. The molecule has 0 aromatic heterocycles. The van der Waals surface area contributed by atoms with Crippen molar-refractivity contribution in [2.75, 3.05) is 18.5 Å². The summed E-state index contributed by atoms with van der Waals surface area (Å²) < 4.78 is 40.4. The SMILES string of the molecule is CCCOc1ccc([C@H]2Nc3ccccc3S(=O)(=O)N2Cc2ccccc2)cc1OCC. The third-order valence-electron chi connectivity index (χ3n) is 5.28. The van der Waals surface area contributed by atoms with Crippen molar-refractivity contribution >= 4 is 15.7 Å². The van der Waals surface area contributed by atoms with Gasteiger partial charge in [0.1, 0.15) is 11.1 Å². The zero-order chi connectivity index (χ0) is 22.6. The Morgan fingerprint density at radius 2 is 1.66 bits per heavy atom. The Morgan fingerprint density at radius 3 is 2.41 bits per heavy atom. The molecule has 7 heteroatoms. The van der Waals surface area contributed by atoms with Crippen LogP contribution in [-0.2, 0) is 16.6 Å². The van der Waals surface area contributed by atoms with E-state index in [2.05, 4.69) is 5.32 Å². The second-order valence-electron chi connectivity index (χ2n) is 7.57. The van der Waals surface area contributed by atoms with Crippen LogP contribution in [0.4, 0.5) is 5.69 Å². The lowest BCUT2D eigenvalue weighted by Crippen LogP contribution is -2.42. The first-order valence-corrected chi connectivity index (χ1v) is 12.3. The minimum Gasteiger partial charge on any atom is -0.490 e. The summed E-state index contributed by atoms with van der Waals surface area (Å²) in [5, 5.41) is 3.42. The monoisotopic (exact) mass is 452 g/mol. The number of fused-ring (bicyclic) bond motifs is 1. The van der Waals surface area contributed by atoms with Crippen molar-refractivity contribution in [3.8, 4) is 11.5 Å². The highest BCUT2D eigenvalue weighted by molar-refractivity contribution is 7.89. The third kappa shape index (κ3) is 4.45. The van der Waals surface area contributed by atoms with Crippen LogP contribution in [-0.4, -0.2) is 25.9 Å². The van der Waals surface area contributed by atoms with Crippen molar-refractivity contribution in [1.82, 2.24) is 4.31 Å². The summed E-state index contributed by atoms with van der Waals surface area (Å²) in [4.78, 5) is 0.278. The molecule has 1 aliphatic heterocycles. The first kappa shape index (κ1) is 22.2. The van der Waals surface area contributed by atoms with Crippen molar-refractivity contribution in [2.45, 2.75) is 37.9 Å². The second-order valence-corrected chi connectivity index (χ2v) is 9.43. The van der Waals surface area contributed by atoms with E-state index in [4.69, 9.17) is 9.47 Å². The van der Waals surface area contributed by atoms with Gasteiger partial charge in [0.15, 0.2) is 11.5 Å². The molecule has 3 aromatic rings. The number of benzene rings is 3. The van der Waals surface area contributed by atoms with Gasteiger partial charge in [-0.25, -0.2) is 8.42 Å². The molecule has 168 valence electrons. The predicted molar refractivity (Wildman–Crippen MR) is 125 cm³/mol. The Morgan fingerprint density at radius 1 is 0.906 bits per heavy atom. The number of nitrogens with zero attached hydrogens (tertiary/aromatic N) is 1. The number of hydrogen-bond donors (Lipinski definition) is 1. The number of rotatable bonds is 8. The number of ether oxygens (including phenoxy) is 2. The smallest absolute Gasteiger partial charge is 0.247 e. The maximum absolute atomic E-state index is 13.6. The Hall–Kier alpha value is -3.03. The van der Waals surface area contributed by atoms with Gasteiger partial charge in [0.2, 0.25) is 10.0 Å². The molecule has 32 heavy (non-hydrogen) atoms. The van der Waals surface area contributed by atoms with Gasteiger partial charge in [-0.1, -0.05) is 55.5 Å². The standard InChI is InChI=1S/C25H28N2O4S/c1-3-16-31-22-15-14-20(17-23(22)30-4-2)25-26-21-12-8-9-13-24(21)32(28,29)27(25)18-19-10-6-5-7-11-19/h5-15,17,25-26H,3-4,16,18H2,1-2H3/t25-/m0/s1. The Kier molecular flexibility index (Phi) is 6.67. The van der Waals surface area contributed by atoms with Gasteiger partial charge in [0, 0.05) is 6.54 Å². The predicted octanol–water partition coefficient (Wildman–Crippen LogP) is 5.19. The molecular weight excluding hydrogens is 424 g/mol. The molecular formula is C25H28N2O4S. The third-order valence-corrected chi connectivity index (χ3v) is 7.15. The molecule has 0 spiro atoms. The summed E-state index contributed by atoms with van der Waals surface area (Å²) in [6, 6.07) is 22.2. The lowest BCUT2D eigenvalue weighted by molar-refractivity contribution is 0.275. The molecule has 0 fully saturated rings. The van der Waals surface area contributed by atoms with Crippen LogP contribution in [0.5, 0.6) is 11.5 Å². The van der Waals surface area contributed by atoms with E-state index in [1.807, 2.05) is 68.4 Å². The highest BCUT2D eigenvalue weighted by Crippen LogP contribution is 2.41. The summed E-state index contributed by atoms with van der Waals surface area (Å²) in [6.07, 6.45) is 0.298. The van der Waals surface area contributed by atoms with E-state index in [-0.39, 0.29) is 11.4 Å². The molecule has 1 heterocycles. The van der Waals surface area contributed by atoms with Gasteiger partial charge in [-0.15, -0.1) is 0 Å². The van der Waals surface area contributed by atoms with E-state index < -0.39 is 16.2 Å². The molecule has 0 unspecified atom stereocenters. The number of hydrogen-bond acceptors (Lipinski definition) is 5. The van der Waals surface area contributed by atoms with E-state index in [9.17, 15) is 8.42 Å². The van der Waals surface area contributed by atoms with Crippen molar-refractivity contribution in [3.05, 3.63) is 83.9 Å². The van der Waals surface area contributed by atoms with Gasteiger partial charge >= 0.3 is 0 Å². The fourth-order valence-corrected chi connectivity index (χ4v) is 5.46. The number of para-hydroxylation sites is 1. The second kappa shape index (κ2) is 9.63. The molecule has 0 aliphatic carbocycles. The van der Waals surface area contributed by atoms with Gasteiger partial charge < -0.3 is 14.8 Å². The van der Waals surface area contributed by atoms with E-state index in [1.165, 1.54) is 4.31 Å². The summed E-state index contributed by atoms with van der Waals surface area (Å²) in [7, 11) is -3.73. The number of sulfonamides is 1. The average molecular weight is 453 g/mol. The quantitative estimate of drug-likeness (QED) is 0.509. The molecule has 0 radical (unpaired) electrons. The van der Waals surface area contributed by atoms with Crippen molar-refractivity contribution in [1.29, 1.82) is 0 Å². The summed E-state index contributed by atoms with van der Waals surface area (Å²) in [5.41, 5.74) is 2.28. The Bertz CT molecular complexity index is 1170. The maximum Gasteiger partial charge on any atom is 0.247 e. The molecule has 0 saturated heterocycles. The highest BCUT2D eigenvalue weighted by Gasteiger charge is 2.39. The van der Waals surface area contributed by atoms with Crippen LogP contribution in [0.15, 0.2) is 77.7 Å². The number of anilines is 1. The first-order chi connectivity index (χ1) is 15.5. The minimum absolute atomic E-state index is 0.243. The molecule has 4 rings (SSSR count). The maximum atomic E-state index is 13.6. The van der Waals surface area contributed by atoms with Crippen LogP contribution < -0.4 is 14.8 Å². The van der Waals surface area contributed by atoms with E-state index >= 15 is 0 Å². The first-order valence-electron chi connectivity index (χ1n) is 10.9. The Labute approximate surface area is 189 Å². The van der Waals surface area contributed by atoms with Gasteiger partial charge in [0.25, 0.3) is 0 Å². The molecule has 6 nitrogen and oxygen atoms in total. The van der Waals surface area contributed by atoms with Crippen LogP contribution >= 0.6 is 0 Å². The van der Waals surface area contributed by atoms with Crippen molar-refractivity contribution in [2.24, 2.45) is 0 Å². The minimum atomic E-state index is -3.73. The fourth-order valence-electron chi connectivity index (χ4n) is 3.78.